The molecule has 4 aromatic carbocycles. The third kappa shape index (κ3) is 2.77. The molecule has 0 saturated heterocycles. The van der Waals surface area contributed by atoms with E-state index in [9.17, 15) is 15.8 Å². The third-order valence-electron chi connectivity index (χ3n) is 7.87. The van der Waals surface area contributed by atoms with Crippen LogP contribution in [0, 0.1) is 34.0 Å². The number of rotatable bonds is 1. The number of nitrogens with zero attached hydrogens (tertiary/aromatic N) is 3. The van der Waals surface area contributed by atoms with Crippen molar-refractivity contribution in [2.24, 2.45) is 0 Å². The molecule has 3 aliphatic carbocycles. The summed E-state index contributed by atoms with van der Waals surface area (Å²) >= 11 is 0. The topological polar surface area (TPSA) is 71.4 Å². The first-order chi connectivity index (χ1) is 17.3. The number of hydrogen-bond acceptors (Lipinski definition) is 3. The van der Waals surface area contributed by atoms with Crippen LogP contribution in [0.4, 0.5) is 0 Å². The molecule has 0 heterocycles. The van der Waals surface area contributed by atoms with Gasteiger partial charge in [-0.15, -0.1) is 0 Å². The van der Waals surface area contributed by atoms with Crippen LogP contribution in [-0.2, 0) is 10.8 Å². The van der Waals surface area contributed by atoms with Crippen molar-refractivity contribution in [1.82, 2.24) is 0 Å². The van der Waals surface area contributed by atoms with Crippen LogP contribution in [0.3, 0.4) is 0 Å². The third-order valence-corrected chi connectivity index (χ3v) is 7.87. The number of benzene rings is 4. The van der Waals surface area contributed by atoms with Gasteiger partial charge in [0.15, 0.2) is 0 Å². The highest BCUT2D eigenvalue weighted by Gasteiger charge is 2.53. The molecule has 0 amide bonds. The fraction of sp³-hybridized carbons (Fsp3) is 0.182. The van der Waals surface area contributed by atoms with Crippen LogP contribution < -0.4 is 0 Å². The van der Waals surface area contributed by atoms with Gasteiger partial charge in [-0.2, -0.15) is 15.8 Å². The lowest BCUT2D eigenvalue weighted by Gasteiger charge is -2.51. The summed E-state index contributed by atoms with van der Waals surface area (Å²) in [5.74, 6) is -0.143. The molecular formula is C33H23N3. The minimum Gasteiger partial charge on any atom is -0.192 e. The van der Waals surface area contributed by atoms with Crippen molar-refractivity contribution < 1.29 is 0 Å². The molecule has 0 N–H and O–H groups in total. The molecule has 0 atom stereocenters. The summed E-state index contributed by atoms with van der Waals surface area (Å²) in [4.78, 5) is 0. The molecular weight excluding hydrogens is 438 g/mol. The molecule has 170 valence electrons. The molecule has 0 spiro atoms. The van der Waals surface area contributed by atoms with Crippen LogP contribution in [0.1, 0.15) is 87.9 Å². The summed E-state index contributed by atoms with van der Waals surface area (Å²) in [6.07, 6.45) is 0. The van der Waals surface area contributed by atoms with Crippen LogP contribution in [0.15, 0.2) is 78.9 Å². The molecule has 36 heavy (non-hydrogen) atoms. The van der Waals surface area contributed by atoms with E-state index in [-0.39, 0.29) is 11.3 Å². The number of nitriles is 3. The molecule has 0 aromatic heterocycles. The maximum absolute atomic E-state index is 9.72. The lowest BCUT2D eigenvalue weighted by atomic mass is 9.50. The molecule has 7 rings (SSSR count). The molecule has 3 aliphatic rings. The smallest absolute Gasteiger partial charge is 0.0991 e. The van der Waals surface area contributed by atoms with E-state index in [0.29, 0.717) is 16.7 Å². The van der Waals surface area contributed by atoms with Gasteiger partial charge in [0.25, 0.3) is 0 Å². The molecule has 0 radical (unpaired) electrons. The molecule has 0 saturated carbocycles. The van der Waals surface area contributed by atoms with E-state index in [1.165, 1.54) is 5.56 Å². The van der Waals surface area contributed by atoms with E-state index in [4.69, 9.17) is 0 Å². The second-order valence-electron chi connectivity index (χ2n) is 10.8. The van der Waals surface area contributed by atoms with Gasteiger partial charge in [0.2, 0.25) is 0 Å². The fourth-order valence-corrected chi connectivity index (χ4v) is 6.26. The average Bonchev–Trinajstić information content (AvgIpc) is 2.91. The molecule has 3 heteroatoms. The van der Waals surface area contributed by atoms with Gasteiger partial charge in [-0.1, -0.05) is 63.2 Å². The summed E-state index contributed by atoms with van der Waals surface area (Å²) in [6, 6.07) is 33.7. The number of hydrogen-bond donors (Lipinski definition) is 0. The second kappa shape index (κ2) is 7.42. The van der Waals surface area contributed by atoms with Crippen molar-refractivity contribution in [3.8, 4) is 18.2 Å². The van der Waals surface area contributed by atoms with Crippen molar-refractivity contribution >= 4 is 0 Å². The predicted molar refractivity (Wildman–Crippen MR) is 139 cm³/mol. The van der Waals surface area contributed by atoms with Crippen LogP contribution in [0.25, 0.3) is 0 Å². The lowest BCUT2D eigenvalue weighted by molar-refractivity contribution is 0.587. The van der Waals surface area contributed by atoms with Gasteiger partial charge in [-0.3, -0.25) is 0 Å². The zero-order valence-electron chi connectivity index (χ0n) is 20.4. The molecule has 2 bridgehead atoms. The van der Waals surface area contributed by atoms with E-state index in [1.807, 2.05) is 36.4 Å². The van der Waals surface area contributed by atoms with Crippen LogP contribution in [-0.4, -0.2) is 0 Å². The van der Waals surface area contributed by atoms with Crippen molar-refractivity contribution in [3.05, 3.63) is 140 Å². The molecule has 4 aromatic rings. The highest BCUT2D eigenvalue weighted by molar-refractivity contribution is 5.77. The van der Waals surface area contributed by atoms with Gasteiger partial charge >= 0.3 is 0 Å². The zero-order chi connectivity index (χ0) is 25.2. The quantitative estimate of drug-likeness (QED) is 0.271. The van der Waals surface area contributed by atoms with Gasteiger partial charge in [-0.05, 0) is 86.3 Å². The van der Waals surface area contributed by atoms with Gasteiger partial charge in [-0.25, -0.2) is 0 Å². The van der Waals surface area contributed by atoms with Crippen molar-refractivity contribution in [3.63, 3.8) is 0 Å². The van der Waals surface area contributed by atoms with Gasteiger partial charge < -0.3 is 0 Å². The van der Waals surface area contributed by atoms with Crippen LogP contribution in [0.5, 0.6) is 0 Å². The van der Waals surface area contributed by atoms with Crippen LogP contribution in [0.2, 0.25) is 0 Å². The first kappa shape index (κ1) is 21.9. The van der Waals surface area contributed by atoms with Crippen molar-refractivity contribution in [2.45, 2.75) is 37.5 Å². The predicted octanol–water partition coefficient (Wildman–Crippen LogP) is 6.79. The van der Waals surface area contributed by atoms with Crippen LogP contribution >= 0.6 is 0 Å². The summed E-state index contributed by atoms with van der Waals surface area (Å²) in [6.45, 7) is 6.63. The first-order valence-electron chi connectivity index (χ1n) is 12.1. The maximum atomic E-state index is 9.72. The Balaban J connectivity index is 1.78. The van der Waals surface area contributed by atoms with Gasteiger partial charge in [0.1, 0.15) is 0 Å². The molecule has 0 unspecified atom stereocenters. The monoisotopic (exact) mass is 461 g/mol. The fourth-order valence-electron chi connectivity index (χ4n) is 6.26. The summed E-state index contributed by atoms with van der Waals surface area (Å²) in [7, 11) is 0. The van der Waals surface area contributed by atoms with Crippen molar-refractivity contribution in [1.29, 1.82) is 15.8 Å². The minimum atomic E-state index is -0.610. The molecule has 3 nitrogen and oxygen atoms in total. The van der Waals surface area contributed by atoms with E-state index in [2.05, 4.69) is 81.4 Å². The SMILES string of the molecule is CC(C)(C)c1ccc(C23c4ccc(C#N)cc4C(c4cc(C#N)ccc42)c2cc(C#N)ccc23)cc1. The highest BCUT2D eigenvalue weighted by atomic mass is 14.5. The Morgan fingerprint density at radius 1 is 0.583 bits per heavy atom. The first-order valence-corrected chi connectivity index (χ1v) is 12.1. The Morgan fingerprint density at radius 2 is 0.972 bits per heavy atom. The standard InChI is InChI=1S/C33H23N3/c1-32(2,3)23-7-9-24(10-8-23)33-28-11-4-20(17-34)14-25(28)31(26-15-21(18-35)5-12-29(26)33)27-16-22(19-36)6-13-30(27)33/h4-16,31H,1-3H3. The lowest BCUT2D eigenvalue weighted by Crippen LogP contribution is -2.43. The molecule has 0 aliphatic heterocycles. The largest absolute Gasteiger partial charge is 0.192 e. The molecule has 0 fully saturated rings. The Hall–Kier alpha value is -4.65. The van der Waals surface area contributed by atoms with Crippen molar-refractivity contribution in [2.75, 3.05) is 0 Å². The summed E-state index contributed by atoms with van der Waals surface area (Å²) in [5.41, 5.74) is 10.3. The van der Waals surface area contributed by atoms with Gasteiger partial charge in [0, 0.05) is 5.92 Å². The second-order valence-corrected chi connectivity index (χ2v) is 10.8. The van der Waals surface area contributed by atoms with E-state index in [0.717, 1.165) is 38.9 Å². The van der Waals surface area contributed by atoms with E-state index in [1.54, 1.807) is 0 Å². The normalized spacial score (nSPS) is 18.7. The minimum absolute atomic E-state index is 0.0270. The van der Waals surface area contributed by atoms with Gasteiger partial charge in [0.05, 0.1) is 40.3 Å². The summed E-state index contributed by atoms with van der Waals surface area (Å²) in [5, 5.41) is 29.1. The Kier molecular flexibility index (Phi) is 4.51. The Bertz CT molecular complexity index is 1540. The Morgan fingerprint density at radius 3 is 1.31 bits per heavy atom. The maximum Gasteiger partial charge on any atom is 0.0991 e. The Labute approximate surface area is 211 Å². The summed E-state index contributed by atoms with van der Waals surface area (Å²) < 4.78 is 0. The van der Waals surface area contributed by atoms with E-state index < -0.39 is 5.41 Å². The zero-order valence-corrected chi connectivity index (χ0v) is 20.4. The average molecular weight is 462 g/mol. The van der Waals surface area contributed by atoms with E-state index >= 15 is 0 Å². The highest BCUT2D eigenvalue weighted by Crippen LogP contribution is 2.62.